The van der Waals surface area contributed by atoms with Crippen molar-refractivity contribution >= 4 is 10.8 Å². The second kappa shape index (κ2) is 5.39. The lowest BCUT2D eigenvalue weighted by Gasteiger charge is -2.27. The number of pyridine rings is 1. The molecule has 0 radical (unpaired) electrons. The predicted molar refractivity (Wildman–Crippen MR) is 91.7 cm³/mol. The first-order chi connectivity index (χ1) is 11.6. The molecule has 5 nitrogen and oxygen atoms in total. The molecule has 122 valence electrons. The van der Waals surface area contributed by atoms with Gasteiger partial charge in [0.15, 0.2) is 11.5 Å². The van der Waals surface area contributed by atoms with Crippen molar-refractivity contribution in [2.24, 2.45) is 0 Å². The first-order valence-corrected chi connectivity index (χ1v) is 7.71. The van der Waals surface area contributed by atoms with Gasteiger partial charge in [-0.3, -0.25) is 9.36 Å². The van der Waals surface area contributed by atoms with E-state index >= 15 is 0 Å². The summed E-state index contributed by atoms with van der Waals surface area (Å²) in [6.07, 6.45) is -0.552. The molecule has 0 saturated heterocycles. The zero-order chi connectivity index (χ0) is 16.8. The highest BCUT2D eigenvalue weighted by atomic mass is 16.5. The van der Waals surface area contributed by atoms with Crippen molar-refractivity contribution in [3.8, 4) is 22.8 Å². The molecule has 0 fully saturated rings. The summed E-state index contributed by atoms with van der Waals surface area (Å²) >= 11 is 0. The van der Waals surface area contributed by atoms with Crippen LogP contribution < -0.4 is 15.0 Å². The van der Waals surface area contributed by atoms with Gasteiger partial charge >= 0.3 is 0 Å². The summed E-state index contributed by atoms with van der Waals surface area (Å²) in [5.41, 5.74) is 2.31. The lowest BCUT2D eigenvalue weighted by Crippen LogP contribution is -2.30. The van der Waals surface area contributed by atoms with E-state index in [1.54, 1.807) is 20.3 Å². The maximum absolute atomic E-state index is 12.8. The van der Waals surface area contributed by atoms with Crippen molar-refractivity contribution < 1.29 is 14.6 Å². The Bertz CT molecular complexity index is 1010. The quantitative estimate of drug-likeness (QED) is 0.788. The number of nitrogens with zero attached hydrogens (tertiary/aromatic N) is 1. The smallest absolute Gasteiger partial charge is 0.261 e. The van der Waals surface area contributed by atoms with Crippen molar-refractivity contribution in [1.82, 2.24) is 4.57 Å². The third kappa shape index (κ3) is 2.02. The minimum atomic E-state index is -0.900. The van der Waals surface area contributed by atoms with Crippen molar-refractivity contribution in [2.75, 3.05) is 14.2 Å². The molecule has 4 rings (SSSR count). The van der Waals surface area contributed by atoms with Gasteiger partial charge < -0.3 is 14.6 Å². The lowest BCUT2D eigenvalue weighted by atomic mass is 9.94. The van der Waals surface area contributed by atoms with Crippen molar-refractivity contribution in [1.29, 1.82) is 0 Å². The molecule has 0 bridgehead atoms. The standard InChI is InChI=1S/C19H17NO4/c1-23-16-8-12-9-18(21)20-15(14(12)10-17(16)24-2)7-11-5-3-4-6-13(11)19(20)22/h3-8,10,18,21H,9H2,1-2H3. The fourth-order valence-corrected chi connectivity index (χ4v) is 3.39. The number of rotatable bonds is 2. The van der Waals surface area contributed by atoms with Crippen LogP contribution in [0.2, 0.25) is 0 Å². The molecule has 0 amide bonds. The monoisotopic (exact) mass is 323 g/mol. The summed E-state index contributed by atoms with van der Waals surface area (Å²) in [7, 11) is 3.16. The zero-order valence-electron chi connectivity index (χ0n) is 13.4. The molecule has 1 N–H and O–H groups in total. The molecule has 1 aliphatic heterocycles. The van der Waals surface area contributed by atoms with Crippen LogP contribution in [0.3, 0.4) is 0 Å². The van der Waals surface area contributed by atoms with E-state index in [1.165, 1.54) is 4.57 Å². The molecule has 0 saturated carbocycles. The summed E-state index contributed by atoms with van der Waals surface area (Å²) in [5.74, 6) is 1.21. The fourth-order valence-electron chi connectivity index (χ4n) is 3.39. The highest BCUT2D eigenvalue weighted by Gasteiger charge is 2.26. The fraction of sp³-hybridized carbons (Fsp3) is 0.211. The van der Waals surface area contributed by atoms with Crippen molar-refractivity contribution in [2.45, 2.75) is 12.6 Å². The number of ether oxygens (including phenoxy) is 2. The molecule has 24 heavy (non-hydrogen) atoms. The minimum Gasteiger partial charge on any atom is -0.493 e. The zero-order valence-corrected chi connectivity index (χ0v) is 13.4. The Morgan fingerprint density at radius 1 is 1.08 bits per heavy atom. The molecule has 3 aromatic rings. The molecule has 0 spiro atoms. The van der Waals surface area contributed by atoms with Crippen LogP contribution in [0.5, 0.6) is 11.5 Å². The van der Waals surface area contributed by atoms with E-state index in [1.807, 2.05) is 36.4 Å². The number of aliphatic hydroxyl groups is 1. The molecule has 1 unspecified atom stereocenters. The highest BCUT2D eigenvalue weighted by Crippen LogP contribution is 2.40. The van der Waals surface area contributed by atoms with Gasteiger partial charge in [-0.25, -0.2) is 0 Å². The van der Waals surface area contributed by atoms with Gasteiger partial charge in [0.1, 0.15) is 6.23 Å². The van der Waals surface area contributed by atoms with Gasteiger partial charge in [0.25, 0.3) is 5.56 Å². The van der Waals surface area contributed by atoms with Gasteiger partial charge in [0.2, 0.25) is 0 Å². The van der Waals surface area contributed by atoms with Crippen LogP contribution in [-0.2, 0) is 6.42 Å². The second-order valence-corrected chi connectivity index (χ2v) is 5.84. The Morgan fingerprint density at radius 2 is 1.79 bits per heavy atom. The Balaban J connectivity index is 2.08. The van der Waals surface area contributed by atoms with Crippen molar-refractivity contribution in [3.05, 3.63) is 58.4 Å². The average molecular weight is 323 g/mol. The Labute approximate surface area is 138 Å². The molecule has 5 heteroatoms. The van der Waals surface area contributed by atoms with Gasteiger partial charge in [0, 0.05) is 17.4 Å². The second-order valence-electron chi connectivity index (χ2n) is 5.84. The maximum Gasteiger partial charge on any atom is 0.261 e. The highest BCUT2D eigenvalue weighted by molar-refractivity contribution is 5.86. The number of benzene rings is 2. The largest absolute Gasteiger partial charge is 0.493 e. The van der Waals surface area contributed by atoms with E-state index < -0.39 is 6.23 Å². The van der Waals surface area contributed by atoms with Crippen LogP contribution in [0.25, 0.3) is 22.0 Å². The van der Waals surface area contributed by atoms with E-state index in [2.05, 4.69) is 0 Å². The number of methoxy groups -OCH3 is 2. The Hall–Kier alpha value is -2.79. The average Bonchev–Trinajstić information content (AvgIpc) is 2.60. The minimum absolute atomic E-state index is 0.184. The Kier molecular flexibility index (Phi) is 3.32. The molecular formula is C19H17NO4. The molecule has 1 aliphatic rings. The predicted octanol–water partition coefficient (Wildman–Crippen LogP) is 2.73. The van der Waals surface area contributed by atoms with Crippen LogP contribution in [0, 0.1) is 0 Å². The number of hydrogen-bond donors (Lipinski definition) is 1. The summed E-state index contributed by atoms with van der Waals surface area (Å²) in [6.45, 7) is 0. The first-order valence-electron chi connectivity index (χ1n) is 7.71. The summed E-state index contributed by atoms with van der Waals surface area (Å²) < 4.78 is 12.2. The third-order valence-corrected chi connectivity index (χ3v) is 4.55. The number of aromatic nitrogens is 1. The van der Waals surface area contributed by atoms with Crippen LogP contribution >= 0.6 is 0 Å². The maximum atomic E-state index is 12.8. The normalized spacial score (nSPS) is 15.7. The molecular weight excluding hydrogens is 306 g/mol. The topological polar surface area (TPSA) is 60.7 Å². The Morgan fingerprint density at radius 3 is 2.54 bits per heavy atom. The van der Waals surface area contributed by atoms with Gasteiger partial charge in [-0.05, 0) is 35.2 Å². The molecule has 1 aromatic heterocycles. The summed E-state index contributed by atoms with van der Waals surface area (Å²) in [6, 6.07) is 13.1. The molecule has 2 aromatic carbocycles. The summed E-state index contributed by atoms with van der Waals surface area (Å²) in [5, 5.41) is 12.0. The SMILES string of the molecule is COc1cc2c(cc1OC)-c1cc3ccccc3c(=O)n1C(O)C2. The van der Waals surface area contributed by atoms with E-state index in [0.717, 1.165) is 16.5 Å². The van der Waals surface area contributed by atoms with Crippen molar-refractivity contribution in [3.63, 3.8) is 0 Å². The molecule has 1 atom stereocenters. The van der Waals surface area contributed by atoms with E-state index in [4.69, 9.17) is 9.47 Å². The summed E-state index contributed by atoms with van der Waals surface area (Å²) in [4.78, 5) is 12.8. The van der Waals surface area contributed by atoms with Gasteiger partial charge in [0.05, 0.1) is 19.9 Å². The van der Waals surface area contributed by atoms with Crippen LogP contribution in [0.15, 0.2) is 47.3 Å². The third-order valence-electron chi connectivity index (χ3n) is 4.55. The van der Waals surface area contributed by atoms with Gasteiger partial charge in [-0.1, -0.05) is 18.2 Å². The number of hydrogen-bond acceptors (Lipinski definition) is 4. The lowest BCUT2D eigenvalue weighted by molar-refractivity contribution is 0.0998. The molecule has 0 aliphatic carbocycles. The van der Waals surface area contributed by atoms with Crippen LogP contribution in [0.1, 0.15) is 11.8 Å². The van der Waals surface area contributed by atoms with Crippen LogP contribution in [0.4, 0.5) is 0 Å². The van der Waals surface area contributed by atoms with E-state index in [0.29, 0.717) is 29.0 Å². The van der Waals surface area contributed by atoms with Gasteiger partial charge in [-0.15, -0.1) is 0 Å². The van der Waals surface area contributed by atoms with Gasteiger partial charge in [-0.2, -0.15) is 0 Å². The van der Waals surface area contributed by atoms with E-state index in [9.17, 15) is 9.90 Å². The van der Waals surface area contributed by atoms with Crippen LogP contribution in [-0.4, -0.2) is 23.9 Å². The van der Waals surface area contributed by atoms with E-state index in [-0.39, 0.29) is 5.56 Å². The first kappa shape index (κ1) is 14.8. The number of aliphatic hydroxyl groups excluding tert-OH is 1. The number of fused-ring (bicyclic) bond motifs is 4. The molecule has 2 heterocycles.